The molecule has 1 amide bonds. The monoisotopic (exact) mass is 260 g/mol. The zero-order chi connectivity index (χ0) is 13.1. The third-order valence-electron chi connectivity index (χ3n) is 2.96. The van der Waals surface area contributed by atoms with Gasteiger partial charge in [-0.1, -0.05) is 0 Å². The lowest BCUT2D eigenvalue weighted by atomic mass is 10.1. The minimum absolute atomic E-state index is 0.0755. The van der Waals surface area contributed by atoms with Crippen molar-refractivity contribution in [2.45, 2.75) is 31.9 Å². The molecule has 0 bridgehead atoms. The van der Waals surface area contributed by atoms with Gasteiger partial charge in [-0.3, -0.25) is 9.69 Å². The van der Waals surface area contributed by atoms with E-state index >= 15 is 0 Å². The van der Waals surface area contributed by atoms with E-state index in [1.54, 1.807) is 25.8 Å². The van der Waals surface area contributed by atoms with Gasteiger partial charge in [0.1, 0.15) is 0 Å². The van der Waals surface area contributed by atoms with Crippen LogP contribution in [0.5, 0.6) is 0 Å². The van der Waals surface area contributed by atoms with Gasteiger partial charge < -0.3 is 10.0 Å². The first-order valence-electron chi connectivity index (χ1n) is 6.04. The van der Waals surface area contributed by atoms with Crippen LogP contribution in [0.15, 0.2) is 0 Å². The van der Waals surface area contributed by atoms with Crippen LogP contribution >= 0.6 is 11.8 Å². The second kappa shape index (κ2) is 6.07. The smallest absolute Gasteiger partial charge is 0.236 e. The van der Waals surface area contributed by atoms with Crippen molar-refractivity contribution < 1.29 is 9.90 Å². The highest BCUT2D eigenvalue weighted by molar-refractivity contribution is 7.99. The number of carbonyl (C=O) groups excluding carboxylic acids is 1. The van der Waals surface area contributed by atoms with Crippen LogP contribution in [0.3, 0.4) is 0 Å². The molecule has 100 valence electrons. The summed E-state index contributed by atoms with van der Waals surface area (Å²) in [5.41, 5.74) is -0.827. The van der Waals surface area contributed by atoms with E-state index < -0.39 is 5.60 Å². The molecular weight excluding hydrogens is 236 g/mol. The molecule has 5 heteroatoms. The fourth-order valence-electron chi connectivity index (χ4n) is 2.00. The van der Waals surface area contributed by atoms with E-state index in [9.17, 15) is 9.90 Å². The maximum Gasteiger partial charge on any atom is 0.236 e. The van der Waals surface area contributed by atoms with E-state index in [0.29, 0.717) is 19.1 Å². The van der Waals surface area contributed by atoms with Crippen molar-refractivity contribution in [3.05, 3.63) is 0 Å². The Kier molecular flexibility index (Phi) is 5.28. The number of carbonyl (C=O) groups is 1. The van der Waals surface area contributed by atoms with Gasteiger partial charge in [-0.2, -0.15) is 11.8 Å². The number of hydrogen-bond acceptors (Lipinski definition) is 4. The van der Waals surface area contributed by atoms with E-state index in [-0.39, 0.29) is 5.91 Å². The molecule has 0 spiro atoms. The number of thioether (sulfide) groups is 1. The van der Waals surface area contributed by atoms with Crippen molar-refractivity contribution in [1.82, 2.24) is 9.80 Å². The van der Waals surface area contributed by atoms with Crippen LogP contribution in [-0.2, 0) is 4.79 Å². The van der Waals surface area contributed by atoms with Crippen LogP contribution in [0.4, 0.5) is 0 Å². The van der Waals surface area contributed by atoms with Crippen LogP contribution in [0.25, 0.3) is 0 Å². The van der Waals surface area contributed by atoms with Crippen LogP contribution in [-0.4, -0.2) is 71.1 Å². The van der Waals surface area contributed by atoms with Crippen molar-refractivity contribution in [1.29, 1.82) is 0 Å². The first kappa shape index (κ1) is 14.8. The largest absolute Gasteiger partial charge is 0.389 e. The third-order valence-corrected chi connectivity index (χ3v) is 4.11. The first-order chi connectivity index (χ1) is 7.79. The molecule has 1 aliphatic heterocycles. The second-order valence-electron chi connectivity index (χ2n) is 5.49. The second-order valence-corrected chi connectivity index (χ2v) is 6.64. The molecule has 1 unspecified atom stereocenters. The fraction of sp³-hybridized carbons (Fsp3) is 0.917. The molecule has 0 aromatic heterocycles. The molecule has 1 aliphatic rings. The van der Waals surface area contributed by atoms with Crippen LogP contribution in [0, 0.1) is 0 Å². The van der Waals surface area contributed by atoms with E-state index in [2.05, 4.69) is 4.90 Å². The number of nitrogens with zero attached hydrogens (tertiary/aromatic N) is 2. The van der Waals surface area contributed by atoms with Gasteiger partial charge in [-0.15, -0.1) is 0 Å². The van der Waals surface area contributed by atoms with Gasteiger partial charge in [0.2, 0.25) is 5.91 Å². The molecule has 4 nitrogen and oxygen atoms in total. The molecule has 0 radical (unpaired) electrons. The van der Waals surface area contributed by atoms with Crippen molar-refractivity contribution in [2.24, 2.45) is 0 Å². The van der Waals surface area contributed by atoms with Gasteiger partial charge in [0.25, 0.3) is 0 Å². The molecule has 1 atom stereocenters. The Morgan fingerprint density at radius 1 is 1.47 bits per heavy atom. The van der Waals surface area contributed by atoms with Gasteiger partial charge in [0, 0.05) is 25.4 Å². The van der Waals surface area contributed by atoms with Crippen molar-refractivity contribution >= 4 is 17.7 Å². The molecule has 1 heterocycles. The highest BCUT2D eigenvalue weighted by atomic mass is 32.2. The Labute approximate surface area is 108 Å². The highest BCUT2D eigenvalue weighted by Gasteiger charge is 2.24. The summed E-state index contributed by atoms with van der Waals surface area (Å²) in [6, 6.07) is 0.527. The molecule has 1 rings (SSSR count). The summed E-state index contributed by atoms with van der Waals surface area (Å²) in [6.45, 7) is 4.25. The minimum atomic E-state index is -0.827. The lowest BCUT2D eigenvalue weighted by molar-refractivity contribution is -0.133. The summed E-state index contributed by atoms with van der Waals surface area (Å²) in [5, 5.41) is 9.67. The van der Waals surface area contributed by atoms with Crippen LogP contribution < -0.4 is 0 Å². The van der Waals surface area contributed by atoms with E-state index in [1.807, 2.05) is 18.8 Å². The summed E-state index contributed by atoms with van der Waals surface area (Å²) in [5.74, 6) is 2.40. The summed E-state index contributed by atoms with van der Waals surface area (Å²) in [4.78, 5) is 15.7. The summed E-state index contributed by atoms with van der Waals surface area (Å²) >= 11 is 1.95. The molecule has 0 aliphatic carbocycles. The first-order valence-corrected chi connectivity index (χ1v) is 7.19. The molecule has 17 heavy (non-hydrogen) atoms. The summed E-state index contributed by atoms with van der Waals surface area (Å²) < 4.78 is 0. The Hall–Kier alpha value is -0.260. The number of rotatable bonds is 5. The van der Waals surface area contributed by atoms with E-state index in [1.165, 1.54) is 12.2 Å². The lowest BCUT2D eigenvalue weighted by Crippen LogP contribution is -2.45. The number of hydrogen-bond donors (Lipinski definition) is 1. The predicted molar refractivity (Wildman–Crippen MR) is 72.3 cm³/mol. The standard InChI is InChI=1S/C12H24N2O2S/c1-12(2,16)9-14(4)11(15)7-13(3)10-5-6-17-8-10/h10,16H,5-9H2,1-4H3. The summed E-state index contributed by atoms with van der Waals surface area (Å²) in [7, 11) is 3.75. The van der Waals surface area contributed by atoms with Gasteiger partial charge in [0.05, 0.1) is 12.1 Å². The average molecular weight is 260 g/mol. The van der Waals surface area contributed by atoms with Gasteiger partial charge in [0.15, 0.2) is 0 Å². The Morgan fingerprint density at radius 3 is 2.59 bits per heavy atom. The quantitative estimate of drug-likeness (QED) is 0.788. The molecule has 0 aromatic rings. The Morgan fingerprint density at radius 2 is 2.12 bits per heavy atom. The minimum Gasteiger partial charge on any atom is -0.389 e. The van der Waals surface area contributed by atoms with Gasteiger partial charge in [-0.25, -0.2) is 0 Å². The normalized spacial score (nSPS) is 20.9. The molecule has 1 N–H and O–H groups in total. The number of aliphatic hydroxyl groups is 1. The number of amides is 1. The van der Waals surface area contributed by atoms with Gasteiger partial charge >= 0.3 is 0 Å². The van der Waals surface area contributed by atoms with Crippen molar-refractivity contribution in [3.8, 4) is 0 Å². The lowest BCUT2D eigenvalue weighted by Gasteiger charge is -2.29. The highest BCUT2D eigenvalue weighted by Crippen LogP contribution is 2.21. The maximum absolute atomic E-state index is 12.0. The van der Waals surface area contributed by atoms with Crippen molar-refractivity contribution in [2.75, 3.05) is 38.7 Å². The topological polar surface area (TPSA) is 43.8 Å². The Bertz CT molecular complexity index is 260. The third kappa shape index (κ3) is 5.27. The average Bonchev–Trinajstić information content (AvgIpc) is 2.67. The summed E-state index contributed by atoms with van der Waals surface area (Å²) in [6.07, 6.45) is 1.17. The SMILES string of the molecule is CN(CC(C)(C)O)C(=O)CN(C)C1CCSC1. The molecule has 0 aromatic carbocycles. The molecular formula is C12H24N2O2S. The molecule has 1 fully saturated rings. The van der Waals surface area contributed by atoms with Crippen molar-refractivity contribution in [3.63, 3.8) is 0 Å². The Balaban J connectivity index is 2.37. The maximum atomic E-state index is 12.0. The van der Waals surface area contributed by atoms with E-state index in [0.717, 1.165) is 5.75 Å². The van der Waals surface area contributed by atoms with Crippen LogP contribution in [0.1, 0.15) is 20.3 Å². The number of likely N-dealkylation sites (N-methyl/N-ethyl adjacent to an activating group) is 2. The zero-order valence-corrected chi connectivity index (χ0v) is 12.1. The van der Waals surface area contributed by atoms with E-state index in [4.69, 9.17) is 0 Å². The van der Waals surface area contributed by atoms with Crippen LogP contribution in [0.2, 0.25) is 0 Å². The zero-order valence-electron chi connectivity index (χ0n) is 11.3. The molecule has 0 saturated carbocycles. The predicted octanol–water partition coefficient (Wildman–Crippen LogP) is 0.653. The van der Waals surface area contributed by atoms with Gasteiger partial charge in [-0.05, 0) is 33.1 Å². The molecule has 1 saturated heterocycles. The fourth-order valence-corrected chi connectivity index (χ4v) is 3.30.